The second-order valence-corrected chi connectivity index (χ2v) is 4.75. The number of nitrogens with zero attached hydrogens (tertiary/aromatic N) is 1. The molecule has 2 rings (SSSR count). The molecule has 0 spiro atoms. The van der Waals surface area contributed by atoms with Crippen molar-refractivity contribution in [3.05, 3.63) is 12.2 Å². The minimum absolute atomic E-state index is 0.140. The standard InChI is InChI=1S/C12H17NO2/c1-9-2-4-10(5-3-9)8-13-11(14)6-7-12(13)15/h6-7,9-10H,2-5,8H2,1H3/t9-,10-. The SMILES string of the molecule is C[C@H]1CC[C@H](CN2C(=O)C=CC2=O)CC1. The molecule has 0 aromatic heterocycles. The second-order valence-electron chi connectivity index (χ2n) is 4.75. The Kier molecular flexibility index (Phi) is 2.89. The Balaban J connectivity index is 1.87. The molecule has 1 heterocycles. The zero-order valence-electron chi connectivity index (χ0n) is 9.11. The first-order valence-electron chi connectivity index (χ1n) is 5.70. The number of carbonyl (C=O) groups excluding carboxylic acids is 2. The van der Waals surface area contributed by atoms with Gasteiger partial charge in [0.1, 0.15) is 0 Å². The van der Waals surface area contributed by atoms with Gasteiger partial charge < -0.3 is 0 Å². The van der Waals surface area contributed by atoms with Gasteiger partial charge in [-0.25, -0.2) is 0 Å². The molecule has 1 aliphatic heterocycles. The first-order valence-corrected chi connectivity index (χ1v) is 5.70. The molecule has 1 fully saturated rings. The van der Waals surface area contributed by atoms with Crippen molar-refractivity contribution in [3.63, 3.8) is 0 Å². The summed E-state index contributed by atoms with van der Waals surface area (Å²) in [7, 11) is 0. The number of hydrogen-bond donors (Lipinski definition) is 0. The van der Waals surface area contributed by atoms with Crippen molar-refractivity contribution in [2.24, 2.45) is 11.8 Å². The van der Waals surface area contributed by atoms with Gasteiger partial charge in [-0.3, -0.25) is 14.5 Å². The van der Waals surface area contributed by atoms with Crippen LogP contribution in [0.1, 0.15) is 32.6 Å². The predicted molar refractivity (Wildman–Crippen MR) is 57.0 cm³/mol. The quantitative estimate of drug-likeness (QED) is 0.647. The maximum atomic E-state index is 11.3. The Hall–Kier alpha value is -1.12. The third-order valence-electron chi connectivity index (χ3n) is 3.48. The number of amides is 2. The molecule has 3 heteroatoms. The molecule has 0 N–H and O–H groups in total. The Morgan fingerprint density at radius 2 is 1.67 bits per heavy atom. The monoisotopic (exact) mass is 207 g/mol. The molecular weight excluding hydrogens is 190 g/mol. The van der Waals surface area contributed by atoms with Gasteiger partial charge in [-0.05, 0) is 24.7 Å². The highest BCUT2D eigenvalue weighted by Crippen LogP contribution is 2.29. The average Bonchev–Trinajstić information content (AvgIpc) is 2.53. The van der Waals surface area contributed by atoms with Gasteiger partial charge in [0.05, 0.1) is 0 Å². The maximum absolute atomic E-state index is 11.3. The summed E-state index contributed by atoms with van der Waals surface area (Å²) in [6, 6.07) is 0. The van der Waals surface area contributed by atoms with Crippen molar-refractivity contribution < 1.29 is 9.59 Å². The Labute approximate surface area is 90.1 Å². The summed E-state index contributed by atoms with van der Waals surface area (Å²) in [6.45, 7) is 2.89. The highest BCUT2D eigenvalue weighted by molar-refractivity contribution is 6.12. The van der Waals surface area contributed by atoms with Crippen LogP contribution in [0, 0.1) is 11.8 Å². The van der Waals surface area contributed by atoms with Gasteiger partial charge in [0, 0.05) is 18.7 Å². The van der Waals surface area contributed by atoms with Crippen molar-refractivity contribution in [1.29, 1.82) is 0 Å². The number of hydrogen-bond acceptors (Lipinski definition) is 2. The van der Waals surface area contributed by atoms with Crippen LogP contribution >= 0.6 is 0 Å². The van der Waals surface area contributed by atoms with Crippen LogP contribution < -0.4 is 0 Å². The topological polar surface area (TPSA) is 37.4 Å². The minimum Gasteiger partial charge on any atom is -0.275 e. The fraction of sp³-hybridized carbons (Fsp3) is 0.667. The molecule has 1 saturated carbocycles. The van der Waals surface area contributed by atoms with Gasteiger partial charge >= 0.3 is 0 Å². The molecule has 15 heavy (non-hydrogen) atoms. The van der Waals surface area contributed by atoms with Gasteiger partial charge in [-0.2, -0.15) is 0 Å². The summed E-state index contributed by atoms with van der Waals surface area (Å²) in [6.07, 6.45) is 7.50. The van der Waals surface area contributed by atoms with Crippen molar-refractivity contribution in [2.45, 2.75) is 32.6 Å². The van der Waals surface area contributed by atoms with Gasteiger partial charge in [0.15, 0.2) is 0 Å². The lowest BCUT2D eigenvalue weighted by molar-refractivity contribution is -0.137. The van der Waals surface area contributed by atoms with Crippen molar-refractivity contribution >= 4 is 11.8 Å². The van der Waals surface area contributed by atoms with Crippen molar-refractivity contribution in [2.75, 3.05) is 6.54 Å². The highest BCUT2D eigenvalue weighted by Gasteiger charge is 2.28. The summed E-state index contributed by atoms with van der Waals surface area (Å²) in [5.74, 6) is 1.05. The highest BCUT2D eigenvalue weighted by atomic mass is 16.2. The maximum Gasteiger partial charge on any atom is 0.253 e. The van der Waals surface area contributed by atoms with Crippen LogP contribution in [0.4, 0.5) is 0 Å². The number of imide groups is 1. The molecule has 0 saturated heterocycles. The van der Waals surface area contributed by atoms with E-state index in [9.17, 15) is 9.59 Å². The molecule has 1 aliphatic carbocycles. The number of carbonyl (C=O) groups is 2. The smallest absolute Gasteiger partial charge is 0.253 e. The van der Waals surface area contributed by atoms with E-state index in [0.717, 1.165) is 18.8 Å². The van der Waals surface area contributed by atoms with Crippen LogP contribution in [0.15, 0.2) is 12.2 Å². The average molecular weight is 207 g/mol. The molecule has 0 bridgehead atoms. The molecule has 2 amide bonds. The Morgan fingerprint density at radius 3 is 2.20 bits per heavy atom. The van der Waals surface area contributed by atoms with Crippen LogP contribution in [-0.4, -0.2) is 23.3 Å². The van der Waals surface area contributed by atoms with Gasteiger partial charge in [-0.15, -0.1) is 0 Å². The molecule has 3 nitrogen and oxygen atoms in total. The summed E-state index contributed by atoms with van der Waals surface area (Å²) >= 11 is 0. The molecule has 0 atom stereocenters. The summed E-state index contributed by atoms with van der Waals surface area (Å²) < 4.78 is 0. The van der Waals surface area contributed by atoms with E-state index >= 15 is 0 Å². The fourth-order valence-corrected chi connectivity index (χ4v) is 2.38. The number of rotatable bonds is 2. The molecule has 0 aromatic rings. The molecule has 0 aromatic carbocycles. The molecule has 0 unspecified atom stereocenters. The first kappa shape index (κ1) is 10.4. The van der Waals surface area contributed by atoms with Gasteiger partial charge in [0.25, 0.3) is 11.8 Å². The van der Waals surface area contributed by atoms with E-state index in [1.54, 1.807) is 0 Å². The van der Waals surface area contributed by atoms with E-state index in [-0.39, 0.29) is 11.8 Å². The third-order valence-corrected chi connectivity index (χ3v) is 3.48. The van der Waals surface area contributed by atoms with E-state index in [1.165, 1.54) is 29.9 Å². The predicted octanol–water partition coefficient (Wildman–Crippen LogP) is 1.74. The van der Waals surface area contributed by atoms with Gasteiger partial charge in [0.2, 0.25) is 0 Å². The summed E-state index contributed by atoms with van der Waals surface area (Å²) in [4.78, 5) is 24.1. The molecular formula is C12H17NO2. The zero-order valence-corrected chi connectivity index (χ0v) is 9.11. The minimum atomic E-state index is -0.140. The lowest BCUT2D eigenvalue weighted by Gasteiger charge is -2.28. The van der Waals surface area contributed by atoms with Crippen molar-refractivity contribution in [3.8, 4) is 0 Å². The Morgan fingerprint density at radius 1 is 1.13 bits per heavy atom. The van der Waals surface area contributed by atoms with E-state index in [1.807, 2.05) is 0 Å². The van der Waals surface area contributed by atoms with E-state index in [4.69, 9.17) is 0 Å². The lowest BCUT2D eigenvalue weighted by Crippen LogP contribution is -2.35. The lowest BCUT2D eigenvalue weighted by atomic mass is 9.83. The zero-order chi connectivity index (χ0) is 10.8. The van der Waals surface area contributed by atoms with E-state index in [2.05, 4.69) is 6.92 Å². The summed E-state index contributed by atoms with van der Waals surface area (Å²) in [5, 5.41) is 0. The van der Waals surface area contributed by atoms with Crippen LogP contribution in [0.3, 0.4) is 0 Å². The van der Waals surface area contributed by atoms with Gasteiger partial charge in [-0.1, -0.05) is 19.8 Å². The second kappa shape index (κ2) is 4.17. The largest absolute Gasteiger partial charge is 0.275 e. The Bertz CT molecular complexity index is 283. The third kappa shape index (κ3) is 2.28. The van der Waals surface area contributed by atoms with Crippen LogP contribution in [0.25, 0.3) is 0 Å². The van der Waals surface area contributed by atoms with Crippen LogP contribution in [0.5, 0.6) is 0 Å². The normalized spacial score (nSPS) is 31.4. The molecule has 2 aliphatic rings. The molecule has 0 radical (unpaired) electrons. The van der Waals surface area contributed by atoms with E-state index in [0.29, 0.717) is 12.5 Å². The fourth-order valence-electron chi connectivity index (χ4n) is 2.38. The van der Waals surface area contributed by atoms with Crippen molar-refractivity contribution in [1.82, 2.24) is 4.90 Å². The molecule has 82 valence electrons. The van der Waals surface area contributed by atoms with E-state index < -0.39 is 0 Å². The van der Waals surface area contributed by atoms with Crippen LogP contribution in [-0.2, 0) is 9.59 Å². The first-order chi connectivity index (χ1) is 7.16. The van der Waals surface area contributed by atoms with Crippen LogP contribution in [0.2, 0.25) is 0 Å². The summed E-state index contributed by atoms with van der Waals surface area (Å²) in [5.41, 5.74) is 0.